The zero-order chi connectivity index (χ0) is 68.0. The summed E-state index contributed by atoms with van der Waals surface area (Å²) in [4.78, 5) is 118. The first-order chi connectivity index (χ1) is 44.2. The number of hydrogen-bond acceptors (Lipinski definition) is 21. The number of aliphatic imine (C=N–C) groups is 1. The Labute approximate surface area is 537 Å². The highest BCUT2D eigenvalue weighted by Crippen LogP contribution is 2.38. The molecule has 0 heterocycles. The molecule has 0 fully saturated rings. The lowest BCUT2D eigenvalue weighted by Gasteiger charge is -2.23. The van der Waals surface area contributed by atoms with Crippen LogP contribution in [0.15, 0.2) is 53.5 Å². The van der Waals surface area contributed by atoms with Gasteiger partial charge in [-0.15, -0.1) is 0 Å². The summed E-state index contributed by atoms with van der Waals surface area (Å²) in [6.07, 6.45) is 3.59. The molecule has 0 bridgehead atoms. The molecular formula is C65H93N11O16. The lowest BCUT2D eigenvalue weighted by Crippen LogP contribution is -2.43. The second-order valence-electron chi connectivity index (χ2n) is 21.6. The minimum absolute atomic E-state index is 0.0264. The van der Waals surface area contributed by atoms with Gasteiger partial charge in [0.2, 0.25) is 0 Å². The largest absolute Gasteiger partial charge is 0.496 e. The molecule has 4 atom stereocenters. The van der Waals surface area contributed by atoms with E-state index in [-0.39, 0.29) is 143 Å². The Kier molecular flexibility index (Phi) is 31.6. The molecule has 0 aliphatic rings. The third-order valence-electron chi connectivity index (χ3n) is 15.4. The number of primary amides is 1. The molecule has 0 saturated carbocycles. The standard InChI is InChI=1S/C65H93N11O16/c1-85-49-25-21-37(57(89-5)53(49)61(70)81)33-45(77)41(17-9-13-29-66)73-62(82)54-50(86-2)26-22-38(58(54)90-6)34-46(78)42(18-10-14-30-67)74-63(83)55-51(87-3)27-23-39(59(55)91-7)35-47(79)43(19-11-15-31-68)75-64(84)56-52(88-4)28-24-40(60(56)92-8)36-48(80)44(76-65(71)72)20-12-16-32-69/h21-28,41-44H,9-20,29-36,66-69H2,1-8H3,(H2,70,81)(H,73,82)(H,74,83)(H,75,84)(H4,71,72,76)/t41-,42-,43-,44-/m1/s1. The normalized spacial score (nSPS) is 12.2. The fourth-order valence-corrected chi connectivity index (χ4v) is 10.8. The number of methoxy groups -OCH3 is 8. The number of nitrogens with one attached hydrogen (secondary N) is 3. The van der Waals surface area contributed by atoms with Crippen LogP contribution in [0.1, 0.15) is 141 Å². The van der Waals surface area contributed by atoms with Crippen LogP contribution < -0.4 is 94.0 Å². The van der Waals surface area contributed by atoms with Gasteiger partial charge >= 0.3 is 0 Å². The zero-order valence-electron chi connectivity index (χ0n) is 54.1. The Balaban J connectivity index is 1.70. The fourth-order valence-electron chi connectivity index (χ4n) is 10.8. The minimum atomic E-state index is -1.18. The number of ketones is 4. The summed E-state index contributed by atoms with van der Waals surface area (Å²) >= 11 is 0. The first-order valence-electron chi connectivity index (χ1n) is 30.4. The highest BCUT2D eigenvalue weighted by Gasteiger charge is 2.34. The van der Waals surface area contributed by atoms with Gasteiger partial charge in [-0.05, 0) is 127 Å². The molecule has 0 aliphatic carbocycles. The predicted octanol–water partition coefficient (Wildman–Crippen LogP) is 2.85. The molecule has 504 valence electrons. The van der Waals surface area contributed by atoms with Crippen LogP contribution in [0.3, 0.4) is 0 Å². The number of nitrogens with zero attached hydrogens (tertiary/aromatic N) is 1. The number of carbonyl (C=O) groups is 8. The van der Waals surface area contributed by atoms with Gasteiger partial charge in [-0.2, -0.15) is 0 Å². The number of Topliss-reactive ketones (excluding diaryl/α,β-unsaturated/α-hetero) is 4. The van der Waals surface area contributed by atoms with Gasteiger partial charge in [-0.1, -0.05) is 24.3 Å². The molecule has 4 aromatic carbocycles. The third-order valence-corrected chi connectivity index (χ3v) is 15.4. The van der Waals surface area contributed by atoms with Crippen LogP contribution in [-0.4, -0.2) is 160 Å². The lowest BCUT2D eigenvalue weighted by molar-refractivity contribution is -0.121. The monoisotopic (exact) mass is 1280 g/mol. The fraction of sp³-hybridized carbons (Fsp3) is 0.492. The summed E-state index contributed by atoms with van der Waals surface area (Å²) in [7, 11) is 10.7. The maximum Gasteiger partial charge on any atom is 0.259 e. The Hall–Kier alpha value is -9.05. The first-order valence-corrected chi connectivity index (χ1v) is 30.4. The van der Waals surface area contributed by atoms with Gasteiger partial charge in [0.05, 0.1) is 75.0 Å². The number of carbonyl (C=O) groups excluding carboxylic acids is 8. The lowest BCUT2D eigenvalue weighted by atomic mass is 9.94. The van der Waals surface area contributed by atoms with Crippen LogP contribution in [0, 0.1) is 0 Å². The molecule has 27 nitrogen and oxygen atoms in total. The predicted molar refractivity (Wildman–Crippen MR) is 347 cm³/mol. The van der Waals surface area contributed by atoms with Gasteiger partial charge in [-0.25, -0.2) is 4.99 Å². The number of amides is 4. The van der Waals surface area contributed by atoms with Crippen molar-refractivity contribution >= 4 is 52.7 Å². The second kappa shape index (κ2) is 38.6. The number of unbranched alkanes of at least 4 members (excludes halogenated alkanes) is 4. The van der Waals surface area contributed by atoms with E-state index in [1.54, 1.807) is 24.3 Å². The van der Waals surface area contributed by atoms with Crippen molar-refractivity contribution in [3.05, 3.63) is 93.0 Å². The smallest absolute Gasteiger partial charge is 0.259 e. The van der Waals surface area contributed by atoms with Crippen LogP contribution in [0.5, 0.6) is 46.0 Å². The Morgan fingerprint density at radius 1 is 0.359 bits per heavy atom. The number of hydrogen-bond donors (Lipinski definition) is 10. The van der Waals surface area contributed by atoms with Crippen LogP contribution in [0.4, 0.5) is 0 Å². The average molecular weight is 1280 g/mol. The molecule has 17 N–H and O–H groups in total. The molecule has 0 unspecified atom stereocenters. The van der Waals surface area contributed by atoms with Gasteiger partial charge in [0.15, 0.2) is 29.1 Å². The molecule has 4 rings (SSSR count). The summed E-state index contributed by atoms with van der Waals surface area (Å²) < 4.78 is 45.3. The summed E-state index contributed by atoms with van der Waals surface area (Å²) in [5, 5.41) is 8.57. The van der Waals surface area contributed by atoms with Crippen LogP contribution >= 0.6 is 0 Å². The summed E-state index contributed by atoms with van der Waals surface area (Å²) in [6.45, 7) is 1.33. The summed E-state index contributed by atoms with van der Waals surface area (Å²) in [5.41, 5.74) is 41.0. The highest BCUT2D eigenvalue weighted by molar-refractivity contribution is 6.07. The van der Waals surface area contributed by atoms with E-state index in [1.165, 1.54) is 81.1 Å². The molecule has 0 aliphatic heterocycles. The number of nitrogens with two attached hydrogens (primary N) is 7. The molecule has 27 heteroatoms. The number of benzene rings is 4. The highest BCUT2D eigenvalue weighted by atomic mass is 16.5. The van der Waals surface area contributed by atoms with Crippen molar-refractivity contribution in [2.75, 3.05) is 83.1 Å². The van der Waals surface area contributed by atoms with E-state index in [2.05, 4.69) is 20.9 Å². The van der Waals surface area contributed by atoms with Gasteiger partial charge in [0.25, 0.3) is 23.6 Å². The SMILES string of the molecule is COc1ccc(CC(=O)[C@@H](CCCCN)NC(=O)c2c(OC)ccc(CC(=O)[C@@H](CCCCN)NC(=O)c3c(OC)ccc(CC(=O)[C@@H](CCCCN)NC(=O)c4c(OC)ccc(CC(=O)[C@@H](CCCCN)N=C(N)N)c4OC)c3OC)c2OC)c(OC)c1C(N)=O. The van der Waals surface area contributed by atoms with E-state index < -0.39 is 65.1 Å². The molecule has 0 aromatic heterocycles. The van der Waals surface area contributed by atoms with Crippen molar-refractivity contribution in [3.8, 4) is 46.0 Å². The number of ether oxygens (including phenoxy) is 8. The van der Waals surface area contributed by atoms with E-state index in [9.17, 15) is 38.4 Å². The summed E-state index contributed by atoms with van der Waals surface area (Å²) in [6, 6.07) is 7.91. The van der Waals surface area contributed by atoms with E-state index in [4.69, 9.17) is 78.0 Å². The summed E-state index contributed by atoms with van der Waals surface area (Å²) in [5.74, 6) is -4.86. The van der Waals surface area contributed by atoms with Gasteiger partial charge < -0.3 is 94.0 Å². The van der Waals surface area contributed by atoms with Crippen molar-refractivity contribution in [3.63, 3.8) is 0 Å². The molecule has 0 saturated heterocycles. The molecule has 0 spiro atoms. The Bertz CT molecular complexity index is 3230. The molecule has 0 radical (unpaired) electrons. The molecule has 92 heavy (non-hydrogen) atoms. The average Bonchev–Trinajstić information content (AvgIpc) is 0.874. The topological polar surface area (TPSA) is 441 Å². The van der Waals surface area contributed by atoms with E-state index in [0.717, 1.165) is 0 Å². The molecular weight excluding hydrogens is 1190 g/mol. The zero-order valence-corrected chi connectivity index (χ0v) is 54.1. The van der Waals surface area contributed by atoms with Crippen molar-refractivity contribution < 1.29 is 76.3 Å². The van der Waals surface area contributed by atoms with Gasteiger partial charge in [0, 0.05) is 47.9 Å². The first kappa shape index (κ1) is 75.4. The van der Waals surface area contributed by atoms with Gasteiger partial charge in [-0.3, -0.25) is 38.4 Å². The number of rotatable bonds is 44. The second-order valence-corrected chi connectivity index (χ2v) is 21.6. The van der Waals surface area contributed by atoms with E-state index in [1.807, 2.05) is 0 Å². The number of guanidine groups is 1. The van der Waals surface area contributed by atoms with Crippen molar-refractivity contribution in [2.45, 2.75) is 127 Å². The quantitative estimate of drug-likeness (QED) is 0.0173. The Morgan fingerprint density at radius 3 is 0.870 bits per heavy atom. The van der Waals surface area contributed by atoms with Crippen molar-refractivity contribution in [1.29, 1.82) is 0 Å². The molecule has 4 aromatic rings. The Morgan fingerprint density at radius 2 is 0.620 bits per heavy atom. The molecule has 4 amide bonds. The van der Waals surface area contributed by atoms with Crippen molar-refractivity contribution in [2.24, 2.45) is 45.1 Å². The minimum Gasteiger partial charge on any atom is -0.496 e. The third kappa shape index (κ3) is 20.5. The van der Waals surface area contributed by atoms with E-state index in [0.29, 0.717) is 88.5 Å². The van der Waals surface area contributed by atoms with Crippen molar-refractivity contribution in [1.82, 2.24) is 16.0 Å². The van der Waals surface area contributed by atoms with Crippen LogP contribution in [-0.2, 0) is 44.9 Å². The van der Waals surface area contributed by atoms with Crippen LogP contribution in [0.2, 0.25) is 0 Å². The maximum atomic E-state index is 14.8. The van der Waals surface area contributed by atoms with E-state index >= 15 is 0 Å². The maximum absolute atomic E-state index is 14.8. The van der Waals surface area contributed by atoms with Gasteiger partial charge in [0.1, 0.15) is 74.3 Å². The van der Waals surface area contributed by atoms with Crippen LogP contribution in [0.25, 0.3) is 0 Å².